The van der Waals surface area contributed by atoms with Crippen molar-refractivity contribution < 1.29 is 31.7 Å². The molecule has 0 bridgehead atoms. The van der Waals surface area contributed by atoms with Crippen molar-refractivity contribution in [3.05, 3.63) is 88.3 Å². The molecule has 3 aromatic rings. The Morgan fingerprint density at radius 2 is 1.70 bits per heavy atom. The molecule has 1 saturated heterocycles. The molecule has 0 spiro atoms. The van der Waals surface area contributed by atoms with Crippen LogP contribution in [0.5, 0.6) is 11.5 Å². The Morgan fingerprint density at radius 1 is 1.05 bits per heavy atom. The second-order valence-electron chi connectivity index (χ2n) is 7.57. The van der Waals surface area contributed by atoms with Crippen LogP contribution in [0.2, 0.25) is 5.02 Å². The topological polar surface area (TPSA) is 119 Å². The molecule has 9 nitrogen and oxygen atoms in total. The van der Waals surface area contributed by atoms with Crippen molar-refractivity contribution in [2.24, 2.45) is 0 Å². The first-order valence-electron chi connectivity index (χ1n) is 10.7. The highest BCUT2D eigenvalue weighted by atomic mass is 35.5. The fraction of sp³-hybridized carbons (Fsp3) is 0.0800. The summed E-state index contributed by atoms with van der Waals surface area (Å²) in [5, 5.41) is 1.93. The van der Waals surface area contributed by atoms with E-state index in [4.69, 9.17) is 20.5 Å². The summed E-state index contributed by atoms with van der Waals surface area (Å²) in [7, 11) is -2.89. The Morgan fingerprint density at radius 3 is 2.35 bits per heavy atom. The van der Waals surface area contributed by atoms with Crippen molar-refractivity contribution in [3.8, 4) is 11.5 Å². The number of halogens is 1. The van der Waals surface area contributed by atoms with Crippen molar-refractivity contribution in [1.82, 2.24) is 4.90 Å². The predicted molar refractivity (Wildman–Crippen MR) is 140 cm³/mol. The number of hydrogen-bond acceptors (Lipinski definition) is 8. The van der Waals surface area contributed by atoms with Gasteiger partial charge in [0.2, 0.25) is 11.7 Å². The summed E-state index contributed by atoms with van der Waals surface area (Å²) in [6.07, 6.45) is 1.39. The lowest BCUT2D eigenvalue weighted by Crippen LogP contribution is -2.36. The first-order valence-corrected chi connectivity index (χ1v) is 13.3. The van der Waals surface area contributed by atoms with Gasteiger partial charge < -0.3 is 14.2 Å². The molecule has 37 heavy (non-hydrogen) atoms. The molecule has 0 unspecified atom stereocenters. The van der Waals surface area contributed by atoms with Crippen molar-refractivity contribution in [1.29, 1.82) is 0 Å². The number of hydrogen-bond donors (Lipinski definition) is 1. The minimum absolute atomic E-state index is 0.000256. The number of para-hydroxylation sites is 1. The van der Waals surface area contributed by atoms with E-state index in [2.05, 4.69) is 5.32 Å². The minimum Gasteiger partial charge on any atom is -0.493 e. The lowest BCUT2D eigenvalue weighted by atomic mass is 10.2. The summed E-state index contributed by atoms with van der Waals surface area (Å²) in [6, 6.07) is 18.9. The van der Waals surface area contributed by atoms with Crippen LogP contribution in [-0.2, 0) is 19.7 Å². The molecule has 0 radical (unpaired) electrons. The molecule has 1 heterocycles. The van der Waals surface area contributed by atoms with Gasteiger partial charge in [-0.25, -0.2) is 0 Å². The average Bonchev–Trinajstić information content (AvgIpc) is 3.13. The van der Waals surface area contributed by atoms with E-state index in [1.54, 1.807) is 48.5 Å². The maximum Gasteiger partial charge on any atom is 0.339 e. The van der Waals surface area contributed by atoms with Gasteiger partial charge in [-0.3, -0.25) is 19.3 Å². The van der Waals surface area contributed by atoms with Crippen molar-refractivity contribution in [2.75, 3.05) is 19.0 Å². The number of nitrogens with zero attached hydrogens (tertiary/aromatic N) is 1. The number of amides is 3. The maximum atomic E-state index is 12.8. The highest BCUT2D eigenvalue weighted by molar-refractivity contribution is 8.18. The van der Waals surface area contributed by atoms with E-state index in [0.717, 1.165) is 4.90 Å². The number of rotatable bonds is 8. The van der Waals surface area contributed by atoms with E-state index in [9.17, 15) is 22.8 Å². The molecule has 0 atom stereocenters. The number of methoxy groups -OCH3 is 1. The normalized spacial score (nSPS) is 14.6. The maximum absolute atomic E-state index is 12.8. The summed E-state index contributed by atoms with van der Waals surface area (Å²) < 4.78 is 35.8. The highest BCUT2D eigenvalue weighted by Gasteiger charge is 2.36. The van der Waals surface area contributed by atoms with Gasteiger partial charge in [0.25, 0.3) is 11.1 Å². The third-order valence-electron chi connectivity index (χ3n) is 5.01. The summed E-state index contributed by atoms with van der Waals surface area (Å²) in [6.45, 7) is -0.453. The molecule has 3 amide bonds. The SMILES string of the molecule is COc1cc(/C=C2\SC(=O)N(CC(=O)Nc3ccccc3)C2=O)cc(Cl)c1OS(=O)(=O)c1ccccc1. The first kappa shape index (κ1) is 26.3. The van der Waals surface area contributed by atoms with Gasteiger partial charge in [-0.1, -0.05) is 48.0 Å². The summed E-state index contributed by atoms with van der Waals surface area (Å²) >= 11 is 6.97. The zero-order valence-electron chi connectivity index (χ0n) is 19.2. The van der Waals surface area contributed by atoms with Gasteiger partial charge in [-0.2, -0.15) is 8.42 Å². The Labute approximate surface area is 222 Å². The largest absolute Gasteiger partial charge is 0.493 e. The predicted octanol–water partition coefficient (Wildman–Crippen LogP) is 4.79. The fourth-order valence-electron chi connectivity index (χ4n) is 3.30. The van der Waals surface area contributed by atoms with Gasteiger partial charge in [-0.15, -0.1) is 0 Å². The Kier molecular flexibility index (Phi) is 7.86. The standard InChI is InChI=1S/C25H19ClN2O7S2/c1-34-20-13-16(12-19(26)23(20)35-37(32,33)18-10-6-3-7-11-18)14-21-24(30)28(25(31)36-21)15-22(29)27-17-8-4-2-5-9-17/h2-14H,15H2,1H3,(H,27,29)/b21-14-. The van der Waals surface area contributed by atoms with Crippen LogP contribution in [0, 0.1) is 0 Å². The lowest BCUT2D eigenvalue weighted by Gasteiger charge is -2.13. The zero-order chi connectivity index (χ0) is 26.6. The molecule has 3 aromatic carbocycles. The average molecular weight is 559 g/mol. The van der Waals surface area contributed by atoms with Gasteiger partial charge in [0.15, 0.2) is 5.75 Å². The van der Waals surface area contributed by atoms with Crippen LogP contribution in [-0.4, -0.2) is 44.0 Å². The number of imide groups is 1. The number of thioether (sulfide) groups is 1. The molecule has 12 heteroatoms. The summed E-state index contributed by atoms with van der Waals surface area (Å²) in [4.78, 5) is 38.4. The monoisotopic (exact) mass is 558 g/mol. The van der Waals surface area contributed by atoms with Crippen molar-refractivity contribution in [2.45, 2.75) is 4.90 Å². The molecule has 0 aliphatic carbocycles. The highest BCUT2D eigenvalue weighted by Crippen LogP contribution is 2.40. The quantitative estimate of drug-likeness (QED) is 0.309. The van der Waals surface area contributed by atoms with E-state index in [1.165, 1.54) is 37.5 Å². The van der Waals surface area contributed by atoms with Crippen LogP contribution >= 0.6 is 23.4 Å². The molecule has 1 fully saturated rings. The molecule has 0 saturated carbocycles. The number of nitrogens with one attached hydrogen (secondary N) is 1. The van der Waals surface area contributed by atoms with Crippen LogP contribution in [0.15, 0.2) is 82.6 Å². The minimum atomic E-state index is -4.19. The number of anilines is 1. The lowest BCUT2D eigenvalue weighted by molar-refractivity contribution is -0.127. The van der Waals surface area contributed by atoms with E-state index in [-0.39, 0.29) is 26.3 Å². The molecule has 4 rings (SSSR count). The molecular formula is C25H19ClN2O7S2. The Bertz CT molecular complexity index is 1490. The van der Waals surface area contributed by atoms with Crippen LogP contribution in [0.1, 0.15) is 5.56 Å². The van der Waals surface area contributed by atoms with Gasteiger partial charge in [0.05, 0.1) is 17.0 Å². The zero-order valence-corrected chi connectivity index (χ0v) is 21.6. The molecule has 1 N–H and O–H groups in total. The number of ether oxygens (including phenoxy) is 1. The van der Waals surface area contributed by atoms with Crippen molar-refractivity contribution >= 4 is 62.3 Å². The van der Waals surface area contributed by atoms with Crippen LogP contribution < -0.4 is 14.2 Å². The number of carbonyl (C=O) groups is 3. The second kappa shape index (κ2) is 11.1. The van der Waals surface area contributed by atoms with E-state index in [1.807, 2.05) is 0 Å². The van der Waals surface area contributed by atoms with Gasteiger partial charge in [0, 0.05) is 5.69 Å². The smallest absolute Gasteiger partial charge is 0.339 e. The Hall–Kier alpha value is -3.80. The Balaban J connectivity index is 1.53. The van der Waals surface area contributed by atoms with Gasteiger partial charge >= 0.3 is 10.1 Å². The molecule has 1 aliphatic rings. The van der Waals surface area contributed by atoms with E-state index >= 15 is 0 Å². The molecule has 0 aromatic heterocycles. The number of carbonyl (C=O) groups excluding carboxylic acids is 3. The number of benzene rings is 3. The van der Waals surface area contributed by atoms with Crippen LogP contribution in [0.3, 0.4) is 0 Å². The molecular weight excluding hydrogens is 540 g/mol. The van der Waals surface area contributed by atoms with E-state index in [0.29, 0.717) is 23.0 Å². The van der Waals surface area contributed by atoms with Crippen LogP contribution in [0.25, 0.3) is 6.08 Å². The van der Waals surface area contributed by atoms with Gasteiger partial charge in [0.1, 0.15) is 11.4 Å². The molecule has 1 aliphatic heterocycles. The fourth-order valence-corrected chi connectivity index (χ4v) is 5.42. The summed E-state index contributed by atoms with van der Waals surface area (Å²) in [5.74, 6) is -1.41. The third-order valence-corrected chi connectivity index (χ3v) is 7.43. The second-order valence-corrected chi connectivity index (χ2v) is 10.5. The third kappa shape index (κ3) is 6.13. The summed E-state index contributed by atoms with van der Waals surface area (Å²) in [5.41, 5.74) is 0.888. The van der Waals surface area contributed by atoms with Crippen molar-refractivity contribution in [3.63, 3.8) is 0 Å². The van der Waals surface area contributed by atoms with Gasteiger partial charge in [-0.05, 0) is 59.8 Å². The molecule has 190 valence electrons. The van der Waals surface area contributed by atoms with Crippen LogP contribution in [0.4, 0.5) is 10.5 Å². The first-order chi connectivity index (χ1) is 17.7. The van der Waals surface area contributed by atoms with E-state index < -0.39 is 33.7 Å².